The molecule has 0 spiro atoms. The first-order valence-electron chi connectivity index (χ1n) is 10.9. The second-order valence-corrected chi connectivity index (χ2v) is 10.1. The third-order valence-corrected chi connectivity index (χ3v) is 7.80. The zero-order valence-corrected chi connectivity index (χ0v) is 20.1. The van der Waals surface area contributed by atoms with Gasteiger partial charge in [-0.25, -0.2) is 13.2 Å². The number of benzene rings is 3. The van der Waals surface area contributed by atoms with Gasteiger partial charge in [-0.3, -0.25) is 0 Å². The molecule has 1 heterocycles. The minimum absolute atomic E-state index is 0.0249. The molecule has 0 radical (unpaired) electrons. The Kier molecular flexibility index (Phi) is 7.67. The summed E-state index contributed by atoms with van der Waals surface area (Å²) >= 11 is 6.19. The fraction of sp³-hybridized carbons (Fsp3) is 0.192. The fourth-order valence-electron chi connectivity index (χ4n) is 3.75. The van der Waals surface area contributed by atoms with Crippen molar-refractivity contribution in [2.45, 2.75) is 4.90 Å². The smallest absolute Gasteiger partial charge is 0.340 e. The van der Waals surface area contributed by atoms with E-state index >= 15 is 0 Å². The van der Waals surface area contributed by atoms with E-state index in [1.165, 1.54) is 22.5 Å². The van der Waals surface area contributed by atoms with Crippen LogP contribution in [0.5, 0.6) is 0 Å². The maximum Gasteiger partial charge on any atom is 0.340 e. The summed E-state index contributed by atoms with van der Waals surface area (Å²) in [5.41, 5.74) is 2.08. The van der Waals surface area contributed by atoms with E-state index in [0.717, 1.165) is 11.3 Å². The van der Waals surface area contributed by atoms with Crippen molar-refractivity contribution in [3.05, 3.63) is 101 Å². The Morgan fingerprint density at radius 3 is 2.24 bits per heavy atom. The van der Waals surface area contributed by atoms with Crippen molar-refractivity contribution in [3.63, 3.8) is 0 Å². The second-order valence-electron chi connectivity index (χ2n) is 7.78. The molecule has 0 N–H and O–H groups in total. The lowest BCUT2D eigenvalue weighted by Crippen LogP contribution is -2.48. The van der Waals surface area contributed by atoms with Gasteiger partial charge in [-0.05, 0) is 42.0 Å². The molecule has 0 bridgehead atoms. The summed E-state index contributed by atoms with van der Waals surface area (Å²) in [5, 5.41) is 0.143. The van der Waals surface area contributed by atoms with Crippen LogP contribution >= 0.6 is 11.6 Å². The van der Waals surface area contributed by atoms with Gasteiger partial charge >= 0.3 is 5.97 Å². The average Bonchev–Trinajstić information content (AvgIpc) is 2.88. The van der Waals surface area contributed by atoms with Gasteiger partial charge < -0.3 is 9.64 Å². The van der Waals surface area contributed by atoms with Crippen LogP contribution in [0.4, 0.5) is 5.69 Å². The van der Waals surface area contributed by atoms with E-state index < -0.39 is 16.0 Å². The Labute approximate surface area is 205 Å². The molecule has 0 aromatic heterocycles. The molecule has 0 aliphatic carbocycles. The first kappa shape index (κ1) is 24.0. The lowest BCUT2D eigenvalue weighted by atomic mass is 10.2. The Hall–Kier alpha value is -3.13. The summed E-state index contributed by atoms with van der Waals surface area (Å²) in [6, 6.07) is 23.7. The summed E-state index contributed by atoms with van der Waals surface area (Å²) in [4.78, 5) is 14.8. The summed E-state index contributed by atoms with van der Waals surface area (Å²) in [6.45, 7) is 1.91. The minimum atomic E-state index is -3.78. The molecule has 1 aliphatic rings. The highest BCUT2D eigenvalue weighted by Crippen LogP contribution is 2.25. The van der Waals surface area contributed by atoms with Gasteiger partial charge in [-0.2, -0.15) is 4.31 Å². The highest BCUT2D eigenvalue weighted by Gasteiger charge is 2.29. The van der Waals surface area contributed by atoms with Crippen molar-refractivity contribution in [2.24, 2.45) is 0 Å². The average molecular weight is 497 g/mol. The van der Waals surface area contributed by atoms with Gasteiger partial charge in [-0.1, -0.05) is 66.2 Å². The molecule has 1 aliphatic heterocycles. The summed E-state index contributed by atoms with van der Waals surface area (Å²) in [6.07, 6.45) is 3.55. The lowest BCUT2D eigenvalue weighted by Gasteiger charge is -2.35. The molecule has 6 nitrogen and oxygen atoms in total. The number of esters is 1. The minimum Gasteiger partial charge on any atom is -0.458 e. The quantitative estimate of drug-likeness (QED) is 0.443. The molecule has 0 saturated carbocycles. The monoisotopic (exact) mass is 496 g/mol. The highest BCUT2D eigenvalue weighted by molar-refractivity contribution is 7.89. The van der Waals surface area contributed by atoms with Crippen molar-refractivity contribution in [2.75, 3.05) is 37.7 Å². The van der Waals surface area contributed by atoms with E-state index in [4.69, 9.17) is 16.3 Å². The van der Waals surface area contributed by atoms with Crippen molar-refractivity contribution in [3.8, 4) is 0 Å². The topological polar surface area (TPSA) is 66.9 Å². The van der Waals surface area contributed by atoms with Gasteiger partial charge in [-0.15, -0.1) is 0 Å². The molecule has 34 heavy (non-hydrogen) atoms. The van der Waals surface area contributed by atoms with Crippen molar-refractivity contribution >= 4 is 39.4 Å². The Bertz CT molecular complexity index is 1260. The van der Waals surface area contributed by atoms with E-state index in [2.05, 4.69) is 4.90 Å². The van der Waals surface area contributed by atoms with Gasteiger partial charge in [0.25, 0.3) is 0 Å². The maximum absolute atomic E-state index is 13.2. The number of carbonyl (C=O) groups is 1. The number of anilines is 1. The SMILES string of the molecule is O=C(OCC=Cc1ccccc1)c1cc(S(=O)(=O)N2CCN(c3ccccc3)CC2)ccc1Cl. The van der Waals surface area contributed by atoms with Crippen LogP contribution in [-0.2, 0) is 14.8 Å². The van der Waals surface area contributed by atoms with Crippen LogP contribution in [0.15, 0.2) is 89.8 Å². The number of hydrogen-bond acceptors (Lipinski definition) is 5. The van der Waals surface area contributed by atoms with Crippen molar-refractivity contribution in [1.29, 1.82) is 0 Å². The molecular formula is C26H25ClN2O4S. The molecule has 4 rings (SSSR count). The number of nitrogens with zero attached hydrogens (tertiary/aromatic N) is 2. The van der Waals surface area contributed by atoms with Gasteiger partial charge in [0, 0.05) is 31.9 Å². The molecule has 0 amide bonds. The van der Waals surface area contributed by atoms with Gasteiger partial charge in [0.2, 0.25) is 10.0 Å². The zero-order chi connectivity index (χ0) is 24.0. The Morgan fingerprint density at radius 1 is 0.912 bits per heavy atom. The van der Waals surface area contributed by atoms with Crippen LogP contribution in [0, 0.1) is 0 Å². The van der Waals surface area contributed by atoms with Crippen molar-refractivity contribution in [1.82, 2.24) is 4.31 Å². The Morgan fingerprint density at radius 2 is 1.56 bits per heavy atom. The largest absolute Gasteiger partial charge is 0.458 e. The first-order valence-corrected chi connectivity index (χ1v) is 12.8. The molecule has 8 heteroatoms. The number of rotatable bonds is 7. The summed E-state index contributed by atoms with van der Waals surface area (Å²) in [5.74, 6) is -0.673. The van der Waals surface area contributed by atoms with E-state index in [1.54, 1.807) is 6.08 Å². The predicted molar refractivity (Wildman–Crippen MR) is 135 cm³/mol. The van der Waals surface area contributed by atoms with Crippen LogP contribution in [0.3, 0.4) is 0 Å². The molecule has 0 atom stereocenters. The number of ether oxygens (including phenoxy) is 1. The molecule has 176 valence electrons. The van der Waals surface area contributed by atoms with E-state index in [0.29, 0.717) is 26.2 Å². The van der Waals surface area contributed by atoms with E-state index in [9.17, 15) is 13.2 Å². The fourth-order valence-corrected chi connectivity index (χ4v) is 5.39. The van der Waals surface area contributed by atoms with Crippen LogP contribution in [0.2, 0.25) is 5.02 Å². The van der Waals surface area contributed by atoms with Crippen LogP contribution in [-0.4, -0.2) is 51.5 Å². The normalized spacial score (nSPS) is 14.9. The maximum atomic E-state index is 13.2. The molecular weight excluding hydrogens is 472 g/mol. The highest BCUT2D eigenvalue weighted by atomic mass is 35.5. The van der Waals surface area contributed by atoms with Crippen molar-refractivity contribution < 1.29 is 17.9 Å². The zero-order valence-electron chi connectivity index (χ0n) is 18.5. The number of halogens is 1. The summed E-state index contributed by atoms with van der Waals surface area (Å²) < 4.78 is 33.2. The number of piperazine rings is 1. The number of sulfonamides is 1. The molecule has 3 aromatic carbocycles. The third kappa shape index (κ3) is 5.67. The third-order valence-electron chi connectivity index (χ3n) is 5.58. The molecule has 1 saturated heterocycles. The van der Waals surface area contributed by atoms with Crippen LogP contribution in [0.1, 0.15) is 15.9 Å². The lowest BCUT2D eigenvalue weighted by molar-refractivity contribution is 0.0550. The van der Waals surface area contributed by atoms with Crippen LogP contribution < -0.4 is 4.90 Å². The Balaban J connectivity index is 1.41. The van der Waals surface area contributed by atoms with Gasteiger partial charge in [0.05, 0.1) is 15.5 Å². The standard InChI is InChI=1S/C26H25ClN2O4S/c27-25-14-13-23(20-24(25)26(30)33-19-7-10-21-8-3-1-4-9-21)34(31,32)29-17-15-28(16-18-29)22-11-5-2-6-12-22/h1-14,20H,15-19H2. The number of para-hydroxylation sites is 1. The van der Waals surface area contributed by atoms with E-state index in [-0.39, 0.29) is 22.1 Å². The number of hydrogen-bond donors (Lipinski definition) is 0. The molecule has 1 fully saturated rings. The predicted octanol–water partition coefficient (Wildman–Crippen LogP) is 4.72. The first-order chi connectivity index (χ1) is 16.4. The van der Waals surface area contributed by atoms with Gasteiger partial charge in [0.15, 0.2) is 0 Å². The second kappa shape index (κ2) is 10.9. The van der Waals surface area contributed by atoms with Crippen LogP contribution in [0.25, 0.3) is 6.08 Å². The molecule has 0 unspecified atom stereocenters. The van der Waals surface area contributed by atoms with E-state index in [1.807, 2.05) is 66.7 Å². The summed E-state index contributed by atoms with van der Waals surface area (Å²) in [7, 11) is -3.78. The van der Waals surface area contributed by atoms with Gasteiger partial charge in [0.1, 0.15) is 6.61 Å². The number of carbonyl (C=O) groups excluding carboxylic acids is 1. The molecule has 3 aromatic rings.